The Balaban J connectivity index is 3.58. The van der Waals surface area contributed by atoms with Crippen molar-refractivity contribution in [1.82, 2.24) is 0 Å². The van der Waals surface area contributed by atoms with Crippen LogP contribution >= 0.6 is 0 Å². The molecule has 0 heterocycles. The van der Waals surface area contributed by atoms with Crippen molar-refractivity contribution in [2.45, 2.75) is 44.8 Å². The van der Waals surface area contributed by atoms with Gasteiger partial charge in [-0.05, 0) is 26.2 Å². The van der Waals surface area contributed by atoms with Crippen LogP contribution in [-0.2, 0) is 4.79 Å². The SMILES string of the molecule is CC(O)CCC/C=C/C=C/C(O)CC(=O)O. The summed E-state index contributed by atoms with van der Waals surface area (Å²) in [4.78, 5) is 10.2. The van der Waals surface area contributed by atoms with Crippen LogP contribution in [0.4, 0.5) is 0 Å². The molecule has 0 amide bonds. The summed E-state index contributed by atoms with van der Waals surface area (Å²) in [6.07, 6.45) is 7.86. The third kappa shape index (κ3) is 10.9. The topological polar surface area (TPSA) is 77.8 Å². The van der Waals surface area contributed by atoms with Crippen molar-refractivity contribution in [3.05, 3.63) is 24.3 Å². The van der Waals surface area contributed by atoms with Crippen molar-refractivity contribution in [2.24, 2.45) is 0 Å². The number of aliphatic hydroxyl groups is 2. The molecule has 0 bridgehead atoms. The van der Waals surface area contributed by atoms with E-state index in [0.717, 1.165) is 19.3 Å². The molecule has 0 rings (SSSR count). The molecule has 2 atom stereocenters. The fraction of sp³-hybridized carbons (Fsp3) is 0.583. The first kappa shape index (κ1) is 14.9. The lowest BCUT2D eigenvalue weighted by Crippen LogP contribution is -2.09. The number of aliphatic hydroxyl groups excluding tert-OH is 2. The lowest BCUT2D eigenvalue weighted by molar-refractivity contribution is -0.138. The summed E-state index contributed by atoms with van der Waals surface area (Å²) < 4.78 is 0. The third-order valence-electron chi connectivity index (χ3n) is 1.96. The molecule has 0 saturated heterocycles. The predicted octanol–water partition coefficient (Wildman–Crippen LogP) is 1.49. The number of aliphatic carboxylic acids is 1. The Morgan fingerprint density at radius 2 is 2.00 bits per heavy atom. The first-order valence-corrected chi connectivity index (χ1v) is 5.43. The first-order chi connectivity index (χ1) is 7.52. The molecule has 4 nitrogen and oxygen atoms in total. The van der Waals surface area contributed by atoms with Gasteiger partial charge in [-0.15, -0.1) is 0 Å². The Labute approximate surface area is 95.9 Å². The van der Waals surface area contributed by atoms with Gasteiger partial charge in [0.2, 0.25) is 0 Å². The number of carbonyl (C=O) groups is 1. The first-order valence-electron chi connectivity index (χ1n) is 5.43. The summed E-state index contributed by atoms with van der Waals surface area (Å²) in [5.41, 5.74) is 0. The van der Waals surface area contributed by atoms with Crippen molar-refractivity contribution in [1.29, 1.82) is 0 Å². The van der Waals surface area contributed by atoms with Gasteiger partial charge in [-0.3, -0.25) is 4.79 Å². The van der Waals surface area contributed by atoms with Crippen LogP contribution in [0.1, 0.15) is 32.6 Å². The molecule has 0 aromatic heterocycles. The van der Waals surface area contributed by atoms with Gasteiger partial charge in [0, 0.05) is 0 Å². The van der Waals surface area contributed by atoms with Crippen molar-refractivity contribution < 1.29 is 20.1 Å². The van der Waals surface area contributed by atoms with E-state index in [4.69, 9.17) is 15.3 Å². The zero-order valence-electron chi connectivity index (χ0n) is 9.54. The van der Waals surface area contributed by atoms with Gasteiger partial charge in [-0.2, -0.15) is 0 Å². The predicted molar refractivity (Wildman–Crippen MR) is 62.1 cm³/mol. The maximum Gasteiger partial charge on any atom is 0.306 e. The van der Waals surface area contributed by atoms with Gasteiger partial charge >= 0.3 is 5.97 Å². The number of rotatable bonds is 8. The monoisotopic (exact) mass is 228 g/mol. The second kappa shape index (κ2) is 9.12. The zero-order chi connectivity index (χ0) is 12.4. The van der Waals surface area contributed by atoms with Gasteiger partial charge < -0.3 is 15.3 Å². The molecule has 16 heavy (non-hydrogen) atoms. The molecule has 2 unspecified atom stereocenters. The molecule has 0 saturated carbocycles. The average molecular weight is 228 g/mol. The van der Waals surface area contributed by atoms with Crippen LogP contribution in [0.2, 0.25) is 0 Å². The summed E-state index contributed by atoms with van der Waals surface area (Å²) in [6, 6.07) is 0. The minimum Gasteiger partial charge on any atom is -0.481 e. The van der Waals surface area contributed by atoms with Crippen molar-refractivity contribution >= 4 is 5.97 Å². The molecule has 0 aliphatic rings. The minimum atomic E-state index is -1.02. The van der Waals surface area contributed by atoms with Gasteiger partial charge in [0.25, 0.3) is 0 Å². The van der Waals surface area contributed by atoms with Gasteiger partial charge in [-0.1, -0.05) is 24.3 Å². The highest BCUT2D eigenvalue weighted by Gasteiger charge is 2.03. The van der Waals surface area contributed by atoms with E-state index in [1.165, 1.54) is 6.08 Å². The summed E-state index contributed by atoms with van der Waals surface area (Å²) in [7, 11) is 0. The second-order valence-electron chi connectivity index (χ2n) is 3.76. The van der Waals surface area contributed by atoms with Crippen molar-refractivity contribution in [3.63, 3.8) is 0 Å². The largest absolute Gasteiger partial charge is 0.481 e. The summed E-state index contributed by atoms with van der Waals surface area (Å²) in [5, 5.41) is 26.5. The van der Waals surface area contributed by atoms with Crippen LogP contribution in [-0.4, -0.2) is 33.5 Å². The van der Waals surface area contributed by atoms with E-state index in [-0.39, 0.29) is 12.5 Å². The van der Waals surface area contributed by atoms with E-state index in [9.17, 15) is 4.79 Å². The normalized spacial score (nSPS) is 15.7. The van der Waals surface area contributed by atoms with E-state index >= 15 is 0 Å². The highest BCUT2D eigenvalue weighted by atomic mass is 16.4. The number of hydrogen-bond acceptors (Lipinski definition) is 3. The molecule has 0 spiro atoms. The Bertz CT molecular complexity index is 243. The van der Waals surface area contributed by atoms with Crippen LogP contribution in [0.3, 0.4) is 0 Å². The molecule has 92 valence electrons. The highest BCUT2D eigenvalue weighted by molar-refractivity contribution is 5.67. The number of carboxylic acids is 1. The lowest BCUT2D eigenvalue weighted by atomic mass is 10.1. The van der Waals surface area contributed by atoms with E-state index in [2.05, 4.69) is 0 Å². The van der Waals surface area contributed by atoms with Gasteiger partial charge in [-0.25, -0.2) is 0 Å². The van der Waals surface area contributed by atoms with Crippen LogP contribution in [0.5, 0.6) is 0 Å². The smallest absolute Gasteiger partial charge is 0.306 e. The molecule has 0 aliphatic heterocycles. The zero-order valence-corrected chi connectivity index (χ0v) is 9.54. The van der Waals surface area contributed by atoms with Crippen LogP contribution in [0, 0.1) is 0 Å². The minimum absolute atomic E-state index is 0.263. The Morgan fingerprint density at radius 3 is 2.56 bits per heavy atom. The Morgan fingerprint density at radius 1 is 1.31 bits per heavy atom. The molecule has 0 aliphatic carbocycles. The van der Waals surface area contributed by atoms with Gasteiger partial charge in [0.15, 0.2) is 0 Å². The fourth-order valence-electron chi connectivity index (χ4n) is 1.15. The Kier molecular flexibility index (Phi) is 8.48. The van der Waals surface area contributed by atoms with E-state index in [1.807, 2.05) is 6.08 Å². The van der Waals surface area contributed by atoms with E-state index in [0.29, 0.717) is 0 Å². The summed E-state index contributed by atoms with van der Waals surface area (Å²) in [6.45, 7) is 1.76. The molecule has 0 aromatic rings. The second-order valence-corrected chi connectivity index (χ2v) is 3.76. The molecule has 0 radical (unpaired) electrons. The lowest BCUT2D eigenvalue weighted by Gasteiger charge is -2.00. The summed E-state index contributed by atoms with van der Waals surface area (Å²) in [5.74, 6) is -1.02. The fourth-order valence-corrected chi connectivity index (χ4v) is 1.15. The van der Waals surface area contributed by atoms with Crippen LogP contribution < -0.4 is 0 Å². The van der Waals surface area contributed by atoms with Crippen LogP contribution in [0.25, 0.3) is 0 Å². The van der Waals surface area contributed by atoms with Crippen molar-refractivity contribution in [3.8, 4) is 0 Å². The van der Waals surface area contributed by atoms with E-state index < -0.39 is 12.1 Å². The molecule has 0 aromatic carbocycles. The standard InChI is InChI=1S/C12H20O4/c1-10(13)7-5-3-2-4-6-8-11(14)9-12(15)16/h2,4,6,8,10-11,13-14H,3,5,7,9H2,1H3,(H,15,16)/b4-2+,8-6+. The van der Waals surface area contributed by atoms with Gasteiger partial charge in [0.05, 0.1) is 18.6 Å². The molecule has 3 N–H and O–H groups in total. The number of hydrogen-bond donors (Lipinski definition) is 3. The average Bonchev–Trinajstić information content (AvgIpc) is 2.14. The molecule has 0 fully saturated rings. The number of carboxylic acid groups (broad SMARTS) is 1. The molecular formula is C12H20O4. The molecule has 4 heteroatoms. The van der Waals surface area contributed by atoms with Crippen molar-refractivity contribution in [2.75, 3.05) is 0 Å². The van der Waals surface area contributed by atoms with Gasteiger partial charge in [0.1, 0.15) is 0 Å². The number of unbranched alkanes of at least 4 members (excludes halogenated alkanes) is 1. The summed E-state index contributed by atoms with van der Waals surface area (Å²) >= 11 is 0. The number of allylic oxidation sites excluding steroid dienone is 3. The van der Waals surface area contributed by atoms with Crippen LogP contribution in [0.15, 0.2) is 24.3 Å². The van der Waals surface area contributed by atoms with E-state index in [1.54, 1.807) is 19.1 Å². The molecular weight excluding hydrogens is 208 g/mol. The quantitative estimate of drug-likeness (QED) is 0.434. The Hall–Kier alpha value is -1.13. The highest BCUT2D eigenvalue weighted by Crippen LogP contribution is 2.01. The maximum absolute atomic E-state index is 10.2. The third-order valence-corrected chi connectivity index (χ3v) is 1.96. The maximum atomic E-state index is 10.2.